The fourth-order valence-corrected chi connectivity index (χ4v) is 2.15. The zero-order valence-electron chi connectivity index (χ0n) is 10.1. The molecule has 0 heterocycles. The summed E-state index contributed by atoms with van der Waals surface area (Å²) in [6.45, 7) is 2.69. The molecule has 1 aromatic rings. The van der Waals surface area contributed by atoms with Gasteiger partial charge in [-0.2, -0.15) is 0 Å². The summed E-state index contributed by atoms with van der Waals surface area (Å²) in [4.78, 5) is 0. The summed E-state index contributed by atoms with van der Waals surface area (Å²) in [5.41, 5.74) is 0.750. The van der Waals surface area contributed by atoms with Crippen LogP contribution in [0.1, 0.15) is 24.9 Å². The third-order valence-electron chi connectivity index (χ3n) is 2.54. The monoisotopic (exact) mass is 257 g/mol. The minimum Gasteiger partial charge on any atom is -0.508 e. The molecule has 0 saturated heterocycles. The number of rotatable bonds is 6. The van der Waals surface area contributed by atoms with Crippen LogP contribution in [0.5, 0.6) is 11.5 Å². The fourth-order valence-electron chi connectivity index (χ4n) is 1.60. The van der Waals surface area contributed by atoms with Crippen molar-refractivity contribution in [1.82, 2.24) is 5.32 Å². The molecule has 0 aliphatic carbocycles. The standard InChI is InChI=1S/C12H19NO3S/c1-9(13-6-3-7-17(2)16)11-5-4-10(14)8-12(11)15/h4-5,8-9,13-15H,3,6-7H2,1-2H3. The van der Waals surface area contributed by atoms with Crippen molar-refractivity contribution in [2.75, 3.05) is 18.6 Å². The molecule has 1 rings (SSSR count). The zero-order chi connectivity index (χ0) is 12.8. The Balaban J connectivity index is 2.46. The van der Waals surface area contributed by atoms with Gasteiger partial charge in [-0.15, -0.1) is 0 Å². The number of hydrogen-bond acceptors (Lipinski definition) is 4. The van der Waals surface area contributed by atoms with E-state index in [4.69, 9.17) is 0 Å². The lowest BCUT2D eigenvalue weighted by Gasteiger charge is -2.15. The highest BCUT2D eigenvalue weighted by molar-refractivity contribution is 7.84. The van der Waals surface area contributed by atoms with Gasteiger partial charge in [0.25, 0.3) is 0 Å². The summed E-state index contributed by atoms with van der Waals surface area (Å²) >= 11 is 0. The predicted octanol–water partition coefficient (Wildman–Crippen LogP) is 1.52. The molecule has 0 saturated carbocycles. The van der Waals surface area contributed by atoms with Gasteiger partial charge >= 0.3 is 0 Å². The second-order valence-corrected chi connectivity index (χ2v) is 5.60. The van der Waals surface area contributed by atoms with Crippen LogP contribution in [0.15, 0.2) is 18.2 Å². The van der Waals surface area contributed by atoms with Crippen molar-refractivity contribution in [1.29, 1.82) is 0 Å². The fraction of sp³-hybridized carbons (Fsp3) is 0.500. The molecule has 17 heavy (non-hydrogen) atoms. The number of phenols is 2. The van der Waals surface area contributed by atoms with Crippen LogP contribution < -0.4 is 5.32 Å². The molecule has 1 aromatic carbocycles. The maximum absolute atomic E-state index is 10.9. The molecule has 96 valence electrons. The van der Waals surface area contributed by atoms with E-state index in [1.54, 1.807) is 18.4 Å². The first-order chi connectivity index (χ1) is 8.00. The van der Waals surface area contributed by atoms with E-state index in [-0.39, 0.29) is 17.5 Å². The number of benzene rings is 1. The molecule has 3 N–H and O–H groups in total. The molecule has 2 unspecified atom stereocenters. The highest BCUT2D eigenvalue weighted by Gasteiger charge is 2.09. The van der Waals surface area contributed by atoms with Crippen molar-refractivity contribution >= 4 is 10.8 Å². The summed E-state index contributed by atoms with van der Waals surface area (Å²) in [7, 11) is -0.755. The highest BCUT2D eigenvalue weighted by atomic mass is 32.2. The van der Waals surface area contributed by atoms with Gasteiger partial charge in [0.15, 0.2) is 0 Å². The maximum atomic E-state index is 10.9. The normalized spacial score (nSPS) is 14.5. The highest BCUT2D eigenvalue weighted by Crippen LogP contribution is 2.27. The number of aromatic hydroxyl groups is 2. The van der Waals surface area contributed by atoms with Crippen LogP contribution in [0, 0.1) is 0 Å². The summed E-state index contributed by atoms with van der Waals surface area (Å²) in [5.74, 6) is 0.824. The maximum Gasteiger partial charge on any atom is 0.124 e. The topological polar surface area (TPSA) is 69.6 Å². The predicted molar refractivity (Wildman–Crippen MR) is 69.7 cm³/mol. The van der Waals surface area contributed by atoms with Crippen LogP contribution in [0.2, 0.25) is 0 Å². The van der Waals surface area contributed by atoms with E-state index in [9.17, 15) is 14.4 Å². The second kappa shape index (κ2) is 6.61. The molecule has 0 radical (unpaired) electrons. The van der Waals surface area contributed by atoms with Gasteiger partial charge in [-0.05, 0) is 26.0 Å². The van der Waals surface area contributed by atoms with Gasteiger partial charge in [0.2, 0.25) is 0 Å². The molecule has 0 spiro atoms. The first-order valence-corrected chi connectivity index (χ1v) is 7.28. The van der Waals surface area contributed by atoms with E-state index < -0.39 is 10.8 Å². The molecular formula is C12H19NO3S. The third-order valence-corrected chi connectivity index (χ3v) is 3.40. The summed E-state index contributed by atoms with van der Waals surface area (Å²) in [6, 6.07) is 4.57. The van der Waals surface area contributed by atoms with E-state index in [2.05, 4.69) is 5.32 Å². The average molecular weight is 257 g/mol. The van der Waals surface area contributed by atoms with Crippen LogP contribution in [-0.2, 0) is 10.8 Å². The minimum atomic E-state index is -0.755. The van der Waals surface area contributed by atoms with Crippen molar-refractivity contribution in [2.24, 2.45) is 0 Å². The van der Waals surface area contributed by atoms with Gasteiger partial charge in [0.05, 0.1) is 0 Å². The molecule has 0 aliphatic rings. The zero-order valence-corrected chi connectivity index (χ0v) is 11.0. The minimum absolute atomic E-state index is 0.000825. The SMILES string of the molecule is CC(NCCCS(C)=O)c1ccc(O)cc1O. The van der Waals surface area contributed by atoms with Crippen molar-refractivity contribution in [3.63, 3.8) is 0 Å². The Morgan fingerprint density at radius 1 is 1.41 bits per heavy atom. The van der Waals surface area contributed by atoms with E-state index in [0.29, 0.717) is 5.75 Å². The number of hydrogen-bond donors (Lipinski definition) is 3. The third kappa shape index (κ3) is 4.75. The Morgan fingerprint density at radius 3 is 2.71 bits per heavy atom. The molecule has 4 nitrogen and oxygen atoms in total. The van der Waals surface area contributed by atoms with E-state index in [1.165, 1.54) is 6.07 Å². The molecular weight excluding hydrogens is 238 g/mol. The second-order valence-electron chi connectivity index (χ2n) is 4.05. The van der Waals surface area contributed by atoms with E-state index in [0.717, 1.165) is 18.5 Å². The molecule has 0 amide bonds. The molecule has 0 aromatic heterocycles. The Morgan fingerprint density at radius 2 is 2.12 bits per heavy atom. The van der Waals surface area contributed by atoms with Crippen LogP contribution in [-0.4, -0.2) is 33.0 Å². The Kier molecular flexibility index (Phi) is 5.44. The van der Waals surface area contributed by atoms with E-state index in [1.807, 2.05) is 6.92 Å². The Labute approximate surface area is 104 Å². The Hall–Kier alpha value is -1.07. The lowest BCUT2D eigenvalue weighted by molar-refractivity contribution is 0.436. The quantitative estimate of drug-likeness (QED) is 0.676. The van der Waals surface area contributed by atoms with Crippen molar-refractivity contribution in [3.8, 4) is 11.5 Å². The number of nitrogens with one attached hydrogen (secondary N) is 1. The molecule has 2 atom stereocenters. The van der Waals surface area contributed by atoms with Crippen molar-refractivity contribution in [3.05, 3.63) is 23.8 Å². The smallest absolute Gasteiger partial charge is 0.124 e. The van der Waals surface area contributed by atoms with Crippen molar-refractivity contribution in [2.45, 2.75) is 19.4 Å². The first kappa shape index (κ1) is 14.0. The van der Waals surface area contributed by atoms with Crippen molar-refractivity contribution < 1.29 is 14.4 Å². The van der Waals surface area contributed by atoms with Gasteiger partial charge in [-0.1, -0.05) is 6.07 Å². The van der Waals surface area contributed by atoms with Gasteiger partial charge in [0, 0.05) is 40.5 Å². The van der Waals surface area contributed by atoms with Gasteiger partial charge in [0.1, 0.15) is 11.5 Å². The lowest BCUT2D eigenvalue weighted by Crippen LogP contribution is -2.21. The molecule has 0 bridgehead atoms. The van der Waals surface area contributed by atoms with Gasteiger partial charge in [-0.3, -0.25) is 4.21 Å². The molecule has 0 fully saturated rings. The van der Waals surface area contributed by atoms with Crippen LogP contribution in [0.4, 0.5) is 0 Å². The Bertz CT molecular complexity index is 395. The first-order valence-electron chi connectivity index (χ1n) is 5.56. The van der Waals surface area contributed by atoms with E-state index >= 15 is 0 Å². The molecule has 0 aliphatic heterocycles. The van der Waals surface area contributed by atoms with Crippen LogP contribution in [0.3, 0.4) is 0 Å². The molecule has 5 heteroatoms. The largest absolute Gasteiger partial charge is 0.508 e. The lowest BCUT2D eigenvalue weighted by atomic mass is 10.1. The number of phenolic OH excluding ortho intramolecular Hbond substituents is 2. The average Bonchev–Trinajstić information content (AvgIpc) is 2.23. The summed E-state index contributed by atoms with van der Waals surface area (Å²) in [5, 5.41) is 22.1. The van der Waals surface area contributed by atoms with Crippen LogP contribution >= 0.6 is 0 Å². The summed E-state index contributed by atoms with van der Waals surface area (Å²) in [6.07, 6.45) is 2.53. The van der Waals surface area contributed by atoms with Crippen LogP contribution in [0.25, 0.3) is 0 Å². The summed E-state index contributed by atoms with van der Waals surface area (Å²) < 4.78 is 10.9. The van der Waals surface area contributed by atoms with Gasteiger partial charge < -0.3 is 15.5 Å². The van der Waals surface area contributed by atoms with Gasteiger partial charge in [-0.25, -0.2) is 0 Å².